The molecule has 0 saturated heterocycles. The van der Waals surface area contributed by atoms with Crippen molar-refractivity contribution in [3.8, 4) is 0 Å². The smallest absolute Gasteiger partial charge is 0.409 e. The van der Waals surface area contributed by atoms with Crippen LogP contribution >= 0.6 is 0 Å². The van der Waals surface area contributed by atoms with E-state index in [1.165, 1.54) is 18.2 Å². The fraction of sp³-hybridized carbons (Fsp3) is 0.364. The molecule has 1 aliphatic heterocycles. The van der Waals surface area contributed by atoms with Gasteiger partial charge in [0.15, 0.2) is 5.41 Å². The van der Waals surface area contributed by atoms with Gasteiger partial charge < -0.3 is 10.4 Å². The molecule has 6 heteroatoms. The molecule has 92 valence electrons. The average molecular weight is 245 g/mol. The number of rotatable bonds is 1. The van der Waals surface area contributed by atoms with Gasteiger partial charge in [-0.25, -0.2) is 0 Å². The summed E-state index contributed by atoms with van der Waals surface area (Å²) in [5.41, 5.74) is -2.78. The third kappa shape index (κ3) is 1.55. The summed E-state index contributed by atoms with van der Waals surface area (Å²) in [6.07, 6.45) is -5.31. The summed E-state index contributed by atoms with van der Waals surface area (Å²) in [6.45, 7) is -0.0111. The van der Waals surface area contributed by atoms with Crippen molar-refractivity contribution in [3.05, 3.63) is 29.8 Å². The van der Waals surface area contributed by atoms with Crippen LogP contribution in [0.25, 0.3) is 0 Å². The first kappa shape index (κ1) is 11.8. The molecule has 3 nitrogen and oxygen atoms in total. The van der Waals surface area contributed by atoms with Crippen molar-refractivity contribution in [1.29, 1.82) is 0 Å². The molecule has 17 heavy (non-hydrogen) atoms. The molecule has 0 amide bonds. The zero-order valence-electron chi connectivity index (χ0n) is 8.71. The highest BCUT2D eigenvalue weighted by molar-refractivity contribution is 5.86. The first-order valence-corrected chi connectivity index (χ1v) is 5.03. The number of carboxylic acid groups (broad SMARTS) is 1. The molecule has 1 aromatic carbocycles. The highest BCUT2D eigenvalue weighted by atomic mass is 19.4. The van der Waals surface area contributed by atoms with E-state index in [0.717, 1.165) is 0 Å². The molecule has 1 heterocycles. The predicted molar refractivity (Wildman–Crippen MR) is 54.9 cm³/mol. The highest BCUT2D eigenvalue weighted by Crippen LogP contribution is 2.48. The maximum atomic E-state index is 13.1. The van der Waals surface area contributed by atoms with E-state index in [2.05, 4.69) is 5.32 Å². The van der Waals surface area contributed by atoms with Gasteiger partial charge in [0, 0.05) is 17.8 Å². The number of hydrogen-bond donors (Lipinski definition) is 2. The Morgan fingerprint density at radius 1 is 1.35 bits per heavy atom. The van der Waals surface area contributed by atoms with Crippen molar-refractivity contribution < 1.29 is 23.1 Å². The largest absolute Gasteiger partial charge is 0.480 e. The highest BCUT2D eigenvalue weighted by Gasteiger charge is 2.63. The van der Waals surface area contributed by atoms with Crippen LogP contribution in [-0.4, -0.2) is 23.8 Å². The van der Waals surface area contributed by atoms with Crippen molar-refractivity contribution in [2.45, 2.75) is 18.0 Å². The molecule has 0 spiro atoms. The molecule has 1 atom stereocenters. The van der Waals surface area contributed by atoms with E-state index >= 15 is 0 Å². The molecule has 2 rings (SSSR count). The first-order chi connectivity index (χ1) is 7.89. The number of fused-ring (bicyclic) bond motifs is 1. The SMILES string of the molecule is O=C(O)C1(C(F)(F)F)CCNc2ccccc21. The Hall–Kier alpha value is -1.72. The first-order valence-electron chi connectivity index (χ1n) is 5.03. The van der Waals surface area contributed by atoms with Gasteiger partial charge in [-0.3, -0.25) is 4.79 Å². The van der Waals surface area contributed by atoms with Gasteiger partial charge in [0.2, 0.25) is 0 Å². The quantitative estimate of drug-likeness (QED) is 0.798. The van der Waals surface area contributed by atoms with E-state index in [4.69, 9.17) is 5.11 Å². The number of aliphatic carboxylic acids is 1. The van der Waals surface area contributed by atoms with Crippen LogP contribution in [-0.2, 0) is 10.2 Å². The molecule has 0 aliphatic carbocycles. The molecule has 1 unspecified atom stereocenters. The molecule has 0 bridgehead atoms. The van der Waals surface area contributed by atoms with E-state index in [-0.39, 0.29) is 17.8 Å². The summed E-state index contributed by atoms with van der Waals surface area (Å²) < 4.78 is 39.4. The standard InChI is InChI=1S/C11H10F3NO2/c12-11(13,14)10(9(16)17)5-6-15-8-4-2-1-3-7(8)10/h1-4,15H,5-6H2,(H,16,17). The Bertz CT molecular complexity index is 458. The molecule has 0 radical (unpaired) electrons. The number of anilines is 1. The lowest BCUT2D eigenvalue weighted by Gasteiger charge is -2.37. The molecule has 0 saturated carbocycles. The Balaban J connectivity index is 2.68. The van der Waals surface area contributed by atoms with E-state index in [0.29, 0.717) is 0 Å². The van der Waals surface area contributed by atoms with Gasteiger partial charge in [-0.05, 0) is 12.5 Å². The third-order valence-corrected chi connectivity index (χ3v) is 3.05. The lowest BCUT2D eigenvalue weighted by atomic mass is 9.74. The van der Waals surface area contributed by atoms with E-state index in [1.54, 1.807) is 6.07 Å². The minimum atomic E-state index is -4.81. The number of alkyl halides is 3. The fourth-order valence-electron chi connectivity index (χ4n) is 2.17. The second-order valence-corrected chi connectivity index (χ2v) is 3.93. The zero-order valence-corrected chi connectivity index (χ0v) is 8.71. The number of carbonyl (C=O) groups is 1. The van der Waals surface area contributed by atoms with Gasteiger partial charge in [0.1, 0.15) is 0 Å². The van der Waals surface area contributed by atoms with Gasteiger partial charge in [0.05, 0.1) is 0 Å². The van der Waals surface area contributed by atoms with Gasteiger partial charge in [0.25, 0.3) is 0 Å². The normalized spacial score (nSPS) is 23.7. The third-order valence-electron chi connectivity index (χ3n) is 3.05. The Morgan fingerprint density at radius 3 is 2.59 bits per heavy atom. The van der Waals surface area contributed by atoms with Crippen LogP contribution in [0.15, 0.2) is 24.3 Å². The Morgan fingerprint density at radius 2 is 2.00 bits per heavy atom. The van der Waals surface area contributed by atoms with Crippen LogP contribution in [0.5, 0.6) is 0 Å². The van der Waals surface area contributed by atoms with Gasteiger partial charge in [-0.2, -0.15) is 13.2 Å². The lowest BCUT2D eigenvalue weighted by molar-refractivity contribution is -0.207. The fourth-order valence-corrected chi connectivity index (χ4v) is 2.17. The summed E-state index contributed by atoms with van der Waals surface area (Å²) in [7, 11) is 0. The van der Waals surface area contributed by atoms with E-state index in [9.17, 15) is 18.0 Å². The van der Waals surface area contributed by atoms with Gasteiger partial charge in [-0.15, -0.1) is 0 Å². The number of para-hydroxylation sites is 1. The maximum absolute atomic E-state index is 13.1. The number of carboxylic acids is 1. The predicted octanol–water partition coefficient (Wildman–Crippen LogP) is 2.39. The van der Waals surface area contributed by atoms with E-state index < -0.39 is 24.0 Å². The van der Waals surface area contributed by atoms with Gasteiger partial charge in [-0.1, -0.05) is 18.2 Å². The molecule has 0 aromatic heterocycles. The van der Waals surface area contributed by atoms with E-state index in [1.807, 2.05) is 0 Å². The summed E-state index contributed by atoms with van der Waals surface area (Å²) in [5, 5.41) is 11.8. The number of hydrogen-bond acceptors (Lipinski definition) is 2. The summed E-state index contributed by atoms with van der Waals surface area (Å²) in [5.74, 6) is -1.85. The van der Waals surface area contributed by atoms with Crippen LogP contribution in [0, 0.1) is 0 Å². The molecule has 0 fully saturated rings. The molecular weight excluding hydrogens is 235 g/mol. The summed E-state index contributed by atoms with van der Waals surface area (Å²) in [6, 6.07) is 5.65. The van der Waals surface area contributed by atoms with Crippen LogP contribution in [0.1, 0.15) is 12.0 Å². The molecular formula is C11H10F3NO2. The number of halogens is 3. The summed E-state index contributed by atoms with van der Waals surface area (Å²) in [4.78, 5) is 11.1. The van der Waals surface area contributed by atoms with Crippen LogP contribution < -0.4 is 5.32 Å². The van der Waals surface area contributed by atoms with Crippen LogP contribution in [0.3, 0.4) is 0 Å². The number of benzene rings is 1. The lowest BCUT2D eigenvalue weighted by Crippen LogP contribution is -2.52. The molecule has 1 aliphatic rings. The molecule has 2 N–H and O–H groups in total. The second-order valence-electron chi connectivity index (χ2n) is 3.93. The Labute approximate surface area is 95.3 Å². The van der Waals surface area contributed by atoms with Crippen molar-refractivity contribution in [1.82, 2.24) is 0 Å². The van der Waals surface area contributed by atoms with Crippen molar-refractivity contribution in [2.24, 2.45) is 0 Å². The second kappa shape index (κ2) is 3.65. The van der Waals surface area contributed by atoms with Crippen LogP contribution in [0.4, 0.5) is 18.9 Å². The van der Waals surface area contributed by atoms with Crippen molar-refractivity contribution in [2.75, 3.05) is 11.9 Å². The number of nitrogens with one attached hydrogen (secondary N) is 1. The Kier molecular flexibility index (Phi) is 2.52. The van der Waals surface area contributed by atoms with Crippen molar-refractivity contribution >= 4 is 11.7 Å². The minimum Gasteiger partial charge on any atom is -0.480 e. The molecule has 1 aromatic rings. The van der Waals surface area contributed by atoms with Crippen molar-refractivity contribution in [3.63, 3.8) is 0 Å². The summed E-state index contributed by atoms with van der Waals surface area (Å²) >= 11 is 0. The topological polar surface area (TPSA) is 49.3 Å². The maximum Gasteiger partial charge on any atom is 0.409 e. The minimum absolute atomic E-state index is 0.0111. The monoisotopic (exact) mass is 245 g/mol. The van der Waals surface area contributed by atoms with Gasteiger partial charge >= 0.3 is 12.1 Å². The van der Waals surface area contributed by atoms with Crippen LogP contribution in [0.2, 0.25) is 0 Å². The zero-order chi connectivity index (χ0) is 12.7. The average Bonchev–Trinajstić information content (AvgIpc) is 2.26.